The molecule has 0 aromatic rings. The van der Waals surface area contributed by atoms with Gasteiger partial charge in [0.2, 0.25) is 0 Å². The molecule has 0 aliphatic heterocycles. The smallest absolute Gasteiger partial charge is 0.0403 e. The molecule has 0 spiro atoms. The van der Waals surface area contributed by atoms with Crippen molar-refractivity contribution in [2.75, 3.05) is 0 Å². The van der Waals surface area contributed by atoms with E-state index in [0.717, 1.165) is 12.1 Å². The Bertz CT molecular complexity index is 293. The number of rotatable bonds is 6. The molecule has 0 rings (SSSR count). The van der Waals surface area contributed by atoms with Crippen LogP contribution in [0.1, 0.15) is 67.2 Å². The number of aliphatic imine (C=N–C) groups is 1. The van der Waals surface area contributed by atoms with Gasteiger partial charge in [0, 0.05) is 11.4 Å². The molecule has 0 saturated carbocycles. The van der Waals surface area contributed by atoms with Crippen LogP contribution in [-0.2, 0) is 0 Å². The van der Waals surface area contributed by atoms with E-state index in [9.17, 15) is 0 Å². The lowest BCUT2D eigenvalue weighted by atomic mass is 10.1. The normalized spacial score (nSPS) is 15.1. The van der Waals surface area contributed by atoms with Crippen molar-refractivity contribution in [2.45, 2.75) is 67.2 Å². The Hall–Kier alpha value is -0.850. The maximum atomic E-state index is 4.67. The van der Waals surface area contributed by atoms with Gasteiger partial charge >= 0.3 is 0 Å². The van der Waals surface area contributed by atoms with E-state index in [1.54, 1.807) is 0 Å². The van der Waals surface area contributed by atoms with Crippen molar-refractivity contribution in [1.29, 1.82) is 0 Å². The highest BCUT2D eigenvalue weighted by Crippen LogP contribution is 2.15. The first-order valence-electron chi connectivity index (χ1n) is 6.37. The van der Waals surface area contributed by atoms with Gasteiger partial charge in [-0.15, -0.1) is 0 Å². The fourth-order valence-corrected chi connectivity index (χ4v) is 1.56. The molecule has 0 fully saturated rings. The summed E-state index contributed by atoms with van der Waals surface area (Å²) in [7, 11) is 0. The third kappa shape index (κ3) is 5.89. The number of nitrogens with zero attached hydrogens (tertiary/aromatic N) is 1. The van der Waals surface area contributed by atoms with Crippen LogP contribution in [-0.4, -0.2) is 5.71 Å². The molecular formula is C15H27N. The summed E-state index contributed by atoms with van der Waals surface area (Å²) < 4.78 is 0. The summed E-state index contributed by atoms with van der Waals surface area (Å²) >= 11 is 0. The lowest BCUT2D eigenvalue weighted by Crippen LogP contribution is -1.93. The summed E-state index contributed by atoms with van der Waals surface area (Å²) in [5.41, 5.74) is 5.04. The fraction of sp³-hybridized carbons (Fsp3) is 0.667. The highest BCUT2D eigenvalue weighted by atomic mass is 14.7. The SMILES string of the molecule is C/C=C(C)/C(C)=C(/C)N=C(C)CCCCC. The second-order valence-electron chi connectivity index (χ2n) is 4.49. The van der Waals surface area contributed by atoms with Crippen molar-refractivity contribution >= 4 is 5.71 Å². The third-order valence-electron chi connectivity index (χ3n) is 3.07. The molecule has 0 amide bonds. The minimum atomic E-state index is 1.13. The molecule has 16 heavy (non-hydrogen) atoms. The molecule has 0 bridgehead atoms. The third-order valence-corrected chi connectivity index (χ3v) is 3.07. The van der Waals surface area contributed by atoms with Gasteiger partial charge in [0.1, 0.15) is 0 Å². The minimum Gasteiger partial charge on any atom is -0.263 e. The maximum absolute atomic E-state index is 4.67. The van der Waals surface area contributed by atoms with E-state index < -0.39 is 0 Å². The molecule has 0 aliphatic rings. The van der Waals surface area contributed by atoms with Gasteiger partial charge in [-0.05, 0) is 53.0 Å². The number of hydrogen-bond donors (Lipinski definition) is 0. The van der Waals surface area contributed by atoms with Crippen LogP contribution in [0.25, 0.3) is 0 Å². The van der Waals surface area contributed by atoms with Crippen LogP contribution in [0.4, 0.5) is 0 Å². The van der Waals surface area contributed by atoms with Gasteiger partial charge in [0.05, 0.1) is 0 Å². The van der Waals surface area contributed by atoms with Gasteiger partial charge in [-0.3, -0.25) is 4.99 Å². The number of unbranched alkanes of at least 4 members (excludes halogenated alkanes) is 2. The summed E-state index contributed by atoms with van der Waals surface area (Å²) in [5.74, 6) is 0. The number of allylic oxidation sites excluding steroid dienone is 4. The van der Waals surface area contributed by atoms with Crippen molar-refractivity contribution in [1.82, 2.24) is 0 Å². The summed E-state index contributed by atoms with van der Waals surface area (Å²) in [4.78, 5) is 4.67. The second kappa shape index (κ2) is 8.32. The van der Waals surface area contributed by atoms with Gasteiger partial charge < -0.3 is 0 Å². The van der Waals surface area contributed by atoms with Crippen molar-refractivity contribution in [3.63, 3.8) is 0 Å². The predicted octanol–water partition coefficient (Wildman–Crippen LogP) is 5.29. The van der Waals surface area contributed by atoms with Gasteiger partial charge in [-0.25, -0.2) is 0 Å². The average molecular weight is 221 g/mol. The molecule has 0 unspecified atom stereocenters. The van der Waals surface area contributed by atoms with Crippen LogP contribution in [0.3, 0.4) is 0 Å². The summed E-state index contributed by atoms with van der Waals surface area (Å²) in [6.45, 7) is 12.8. The highest BCUT2D eigenvalue weighted by molar-refractivity contribution is 5.82. The zero-order valence-electron chi connectivity index (χ0n) is 11.9. The monoisotopic (exact) mass is 221 g/mol. The van der Waals surface area contributed by atoms with Crippen LogP contribution in [0, 0.1) is 0 Å². The van der Waals surface area contributed by atoms with Crippen LogP contribution >= 0.6 is 0 Å². The standard InChI is InChI=1S/C15H27N/c1-7-9-10-11-13(4)16-15(6)14(5)12(3)8-2/h8H,7,9-11H2,1-6H3/b12-8+,15-14-,16-13?. The molecule has 0 aromatic heterocycles. The van der Waals surface area contributed by atoms with Crippen molar-refractivity contribution in [3.05, 3.63) is 22.9 Å². The van der Waals surface area contributed by atoms with Crippen molar-refractivity contribution in [3.8, 4) is 0 Å². The highest BCUT2D eigenvalue weighted by Gasteiger charge is 1.98. The molecule has 0 N–H and O–H groups in total. The molecule has 92 valence electrons. The molecule has 0 radical (unpaired) electrons. The van der Waals surface area contributed by atoms with Gasteiger partial charge in [0.25, 0.3) is 0 Å². The lowest BCUT2D eigenvalue weighted by molar-refractivity contribution is 0.740. The summed E-state index contributed by atoms with van der Waals surface area (Å²) in [6, 6.07) is 0. The summed E-state index contributed by atoms with van der Waals surface area (Å²) in [6.07, 6.45) is 7.12. The quantitative estimate of drug-likeness (QED) is 0.328. The average Bonchev–Trinajstić information content (AvgIpc) is 2.27. The Kier molecular flexibility index (Phi) is 7.88. The van der Waals surface area contributed by atoms with Crippen molar-refractivity contribution in [2.24, 2.45) is 4.99 Å². The molecule has 0 aromatic carbocycles. The van der Waals surface area contributed by atoms with Gasteiger partial charge in [0.15, 0.2) is 0 Å². The molecule has 0 atom stereocenters. The van der Waals surface area contributed by atoms with E-state index in [1.807, 2.05) is 0 Å². The van der Waals surface area contributed by atoms with Crippen LogP contribution in [0.2, 0.25) is 0 Å². The van der Waals surface area contributed by atoms with Gasteiger partial charge in [-0.1, -0.05) is 31.4 Å². The molecule has 0 saturated heterocycles. The molecule has 0 aliphatic carbocycles. The van der Waals surface area contributed by atoms with Gasteiger partial charge in [-0.2, -0.15) is 0 Å². The van der Waals surface area contributed by atoms with E-state index in [2.05, 4.69) is 52.6 Å². The Morgan fingerprint density at radius 1 is 1.06 bits per heavy atom. The predicted molar refractivity (Wildman–Crippen MR) is 75.1 cm³/mol. The molecule has 1 nitrogen and oxygen atoms in total. The molecule has 0 heterocycles. The Balaban J connectivity index is 4.50. The minimum absolute atomic E-state index is 1.13. The lowest BCUT2D eigenvalue weighted by Gasteiger charge is -2.06. The van der Waals surface area contributed by atoms with Crippen LogP contribution in [0.15, 0.2) is 27.9 Å². The van der Waals surface area contributed by atoms with E-state index in [0.29, 0.717) is 0 Å². The van der Waals surface area contributed by atoms with Crippen molar-refractivity contribution < 1.29 is 0 Å². The summed E-state index contributed by atoms with van der Waals surface area (Å²) in [5, 5.41) is 0. The molecule has 1 heteroatoms. The number of hydrogen-bond acceptors (Lipinski definition) is 1. The fourth-order valence-electron chi connectivity index (χ4n) is 1.56. The van der Waals surface area contributed by atoms with Crippen LogP contribution in [0.5, 0.6) is 0 Å². The first-order valence-corrected chi connectivity index (χ1v) is 6.37. The Morgan fingerprint density at radius 3 is 2.19 bits per heavy atom. The van der Waals surface area contributed by atoms with E-state index in [4.69, 9.17) is 0 Å². The first-order chi connectivity index (χ1) is 7.52. The zero-order chi connectivity index (χ0) is 12.6. The maximum Gasteiger partial charge on any atom is 0.0403 e. The first kappa shape index (κ1) is 15.2. The topological polar surface area (TPSA) is 12.4 Å². The Labute approximate surface area is 101 Å². The molecular weight excluding hydrogens is 194 g/mol. The Morgan fingerprint density at radius 2 is 1.69 bits per heavy atom. The largest absolute Gasteiger partial charge is 0.263 e. The van der Waals surface area contributed by atoms with E-state index in [1.165, 1.54) is 36.1 Å². The second-order valence-corrected chi connectivity index (χ2v) is 4.49. The zero-order valence-corrected chi connectivity index (χ0v) is 11.9. The van der Waals surface area contributed by atoms with Crippen LogP contribution < -0.4 is 0 Å². The van der Waals surface area contributed by atoms with E-state index >= 15 is 0 Å². The van der Waals surface area contributed by atoms with E-state index in [-0.39, 0.29) is 0 Å².